The summed E-state index contributed by atoms with van der Waals surface area (Å²) in [5, 5.41) is 1.13. The third kappa shape index (κ3) is 3.71. The highest BCUT2D eigenvalue weighted by atomic mass is 79.9. The van der Waals surface area contributed by atoms with Gasteiger partial charge in [0, 0.05) is 24.5 Å². The van der Waals surface area contributed by atoms with Gasteiger partial charge in [-0.2, -0.15) is 0 Å². The Balaban J connectivity index is 1.81. The molecule has 2 aliphatic rings. The molecule has 0 radical (unpaired) electrons. The number of nitrogens with zero attached hydrogens (tertiary/aromatic N) is 2. The van der Waals surface area contributed by atoms with Crippen molar-refractivity contribution in [3.05, 3.63) is 0 Å². The largest absolute Gasteiger partial charge is 0.301 e. The molecule has 0 aromatic rings. The number of rotatable bonds is 4. The summed E-state index contributed by atoms with van der Waals surface area (Å²) in [5.74, 6) is 0.759. The molecule has 0 bridgehead atoms. The summed E-state index contributed by atoms with van der Waals surface area (Å²) < 4.78 is 0. The third-order valence-corrected chi connectivity index (χ3v) is 5.58. The molecule has 0 saturated carbocycles. The fourth-order valence-corrected chi connectivity index (χ4v) is 4.42. The zero-order valence-corrected chi connectivity index (χ0v) is 13.9. The summed E-state index contributed by atoms with van der Waals surface area (Å²) in [7, 11) is 0. The smallest absolute Gasteiger partial charge is 0.0235 e. The summed E-state index contributed by atoms with van der Waals surface area (Å²) in [6.45, 7) is 13.7. The molecule has 18 heavy (non-hydrogen) atoms. The molecule has 2 nitrogen and oxygen atoms in total. The van der Waals surface area contributed by atoms with Gasteiger partial charge in [-0.15, -0.1) is 0 Å². The Morgan fingerprint density at radius 3 is 2.39 bits per heavy atom. The molecule has 2 fully saturated rings. The van der Waals surface area contributed by atoms with Crippen molar-refractivity contribution in [1.82, 2.24) is 9.80 Å². The molecular formula is C15H29BrN2. The highest BCUT2D eigenvalue weighted by Crippen LogP contribution is 2.30. The summed E-state index contributed by atoms with van der Waals surface area (Å²) in [5.41, 5.74) is 0.412. The Bertz CT molecular complexity index is 256. The Kier molecular flexibility index (Phi) is 5.13. The second-order valence-electron chi connectivity index (χ2n) is 7.16. The molecule has 0 amide bonds. The summed E-state index contributed by atoms with van der Waals surface area (Å²) in [6.07, 6.45) is 4.23. The van der Waals surface area contributed by atoms with Gasteiger partial charge in [0.1, 0.15) is 0 Å². The maximum absolute atomic E-state index is 3.70. The average Bonchev–Trinajstić information content (AvgIpc) is 2.94. The van der Waals surface area contributed by atoms with E-state index >= 15 is 0 Å². The van der Waals surface area contributed by atoms with Crippen LogP contribution in [-0.2, 0) is 0 Å². The molecule has 0 aromatic heterocycles. The maximum Gasteiger partial charge on any atom is 0.0235 e. The highest BCUT2D eigenvalue weighted by molar-refractivity contribution is 9.09. The van der Waals surface area contributed by atoms with E-state index in [9.17, 15) is 0 Å². The molecular weight excluding hydrogens is 288 g/mol. The normalized spacial score (nSPS) is 29.0. The fourth-order valence-electron chi connectivity index (χ4n) is 3.25. The van der Waals surface area contributed by atoms with Crippen LogP contribution in [0.3, 0.4) is 0 Å². The van der Waals surface area contributed by atoms with E-state index in [4.69, 9.17) is 0 Å². The van der Waals surface area contributed by atoms with Crippen LogP contribution in [0, 0.1) is 11.3 Å². The molecule has 2 atom stereocenters. The first-order chi connectivity index (χ1) is 8.50. The lowest BCUT2D eigenvalue weighted by molar-refractivity contribution is 0.173. The summed E-state index contributed by atoms with van der Waals surface area (Å²) in [4.78, 5) is 5.42. The van der Waals surface area contributed by atoms with Crippen LogP contribution in [0.15, 0.2) is 0 Å². The van der Waals surface area contributed by atoms with Crippen LogP contribution in [0.25, 0.3) is 0 Å². The Labute approximate surface area is 121 Å². The van der Waals surface area contributed by atoms with Gasteiger partial charge in [-0.05, 0) is 50.2 Å². The van der Waals surface area contributed by atoms with E-state index < -0.39 is 0 Å². The van der Waals surface area contributed by atoms with Gasteiger partial charge in [-0.3, -0.25) is 4.90 Å². The van der Waals surface area contributed by atoms with E-state index in [2.05, 4.69) is 46.5 Å². The average molecular weight is 317 g/mol. The predicted octanol–water partition coefficient (Wildman–Crippen LogP) is 3.21. The van der Waals surface area contributed by atoms with Gasteiger partial charge >= 0.3 is 0 Å². The number of likely N-dealkylation sites (tertiary alicyclic amines) is 2. The molecule has 3 heteroatoms. The molecule has 2 rings (SSSR count). The lowest BCUT2D eigenvalue weighted by Crippen LogP contribution is -2.39. The second kappa shape index (κ2) is 6.23. The minimum atomic E-state index is 0.412. The fraction of sp³-hybridized carbons (Fsp3) is 1.00. The highest BCUT2D eigenvalue weighted by Gasteiger charge is 2.32. The first kappa shape index (κ1) is 14.8. The minimum absolute atomic E-state index is 0.412. The number of hydrogen-bond acceptors (Lipinski definition) is 2. The standard InChI is InChI=1S/C15H29BrN2/c1-15(2,3)13(10-16)11-17-9-6-14(12-17)18-7-4-5-8-18/h13-14H,4-12H2,1-3H3. The molecule has 0 spiro atoms. The second-order valence-corrected chi connectivity index (χ2v) is 7.81. The molecule has 0 aliphatic carbocycles. The van der Waals surface area contributed by atoms with Crippen molar-refractivity contribution in [3.63, 3.8) is 0 Å². The van der Waals surface area contributed by atoms with Gasteiger partial charge < -0.3 is 4.90 Å². The molecule has 0 aromatic carbocycles. The number of halogens is 1. The van der Waals surface area contributed by atoms with Crippen LogP contribution < -0.4 is 0 Å². The molecule has 2 unspecified atom stereocenters. The molecule has 0 N–H and O–H groups in total. The van der Waals surface area contributed by atoms with E-state index in [-0.39, 0.29) is 0 Å². The van der Waals surface area contributed by atoms with Crippen LogP contribution in [-0.4, -0.2) is 53.9 Å². The SMILES string of the molecule is CC(C)(C)C(CBr)CN1CCC(N2CCCC2)C1. The Morgan fingerprint density at radius 1 is 1.17 bits per heavy atom. The number of hydrogen-bond donors (Lipinski definition) is 0. The van der Waals surface area contributed by atoms with Crippen molar-refractivity contribution in [1.29, 1.82) is 0 Å². The maximum atomic E-state index is 3.70. The van der Waals surface area contributed by atoms with Crippen LogP contribution in [0.5, 0.6) is 0 Å². The summed E-state index contributed by atoms with van der Waals surface area (Å²) >= 11 is 3.70. The molecule has 2 saturated heterocycles. The van der Waals surface area contributed by atoms with Gasteiger partial charge in [-0.25, -0.2) is 0 Å². The van der Waals surface area contributed by atoms with E-state index in [0.29, 0.717) is 5.41 Å². The van der Waals surface area contributed by atoms with Crippen molar-refractivity contribution < 1.29 is 0 Å². The van der Waals surface area contributed by atoms with Crippen molar-refractivity contribution in [2.24, 2.45) is 11.3 Å². The van der Waals surface area contributed by atoms with Crippen molar-refractivity contribution in [3.8, 4) is 0 Å². The molecule has 2 heterocycles. The lowest BCUT2D eigenvalue weighted by Gasteiger charge is -2.33. The van der Waals surface area contributed by atoms with Gasteiger partial charge in [0.15, 0.2) is 0 Å². The lowest BCUT2D eigenvalue weighted by atomic mass is 9.82. The number of alkyl halides is 1. The van der Waals surface area contributed by atoms with Crippen LogP contribution in [0.1, 0.15) is 40.0 Å². The quantitative estimate of drug-likeness (QED) is 0.735. The van der Waals surface area contributed by atoms with Crippen LogP contribution in [0.4, 0.5) is 0 Å². The van der Waals surface area contributed by atoms with Gasteiger partial charge in [0.25, 0.3) is 0 Å². The zero-order chi connectivity index (χ0) is 13.2. The van der Waals surface area contributed by atoms with E-state index in [1.165, 1.54) is 52.0 Å². The van der Waals surface area contributed by atoms with Crippen molar-refractivity contribution in [2.75, 3.05) is 38.1 Å². The third-order valence-electron chi connectivity index (χ3n) is 4.79. The topological polar surface area (TPSA) is 6.48 Å². The van der Waals surface area contributed by atoms with E-state index in [1.807, 2.05) is 0 Å². The van der Waals surface area contributed by atoms with E-state index in [1.54, 1.807) is 0 Å². The van der Waals surface area contributed by atoms with Crippen molar-refractivity contribution >= 4 is 15.9 Å². The molecule has 2 aliphatic heterocycles. The summed E-state index contributed by atoms with van der Waals surface area (Å²) in [6, 6.07) is 0.850. The van der Waals surface area contributed by atoms with Gasteiger partial charge in [0.05, 0.1) is 0 Å². The van der Waals surface area contributed by atoms with Crippen LogP contribution >= 0.6 is 15.9 Å². The first-order valence-corrected chi connectivity index (χ1v) is 8.65. The van der Waals surface area contributed by atoms with E-state index in [0.717, 1.165) is 17.3 Å². The van der Waals surface area contributed by atoms with Crippen LogP contribution in [0.2, 0.25) is 0 Å². The van der Waals surface area contributed by atoms with Crippen molar-refractivity contribution in [2.45, 2.75) is 46.1 Å². The predicted molar refractivity (Wildman–Crippen MR) is 82.4 cm³/mol. The molecule has 106 valence electrons. The van der Waals surface area contributed by atoms with Gasteiger partial charge in [0.2, 0.25) is 0 Å². The Hall–Kier alpha value is 0.400. The monoisotopic (exact) mass is 316 g/mol. The first-order valence-electron chi connectivity index (χ1n) is 7.53. The zero-order valence-electron chi connectivity index (χ0n) is 12.3. The van der Waals surface area contributed by atoms with Gasteiger partial charge in [-0.1, -0.05) is 36.7 Å². The minimum Gasteiger partial charge on any atom is -0.301 e. The Morgan fingerprint density at radius 2 is 1.83 bits per heavy atom.